The molecule has 0 saturated heterocycles. The van der Waals surface area contributed by atoms with Crippen LogP contribution in [-0.2, 0) is 10.0 Å². The van der Waals surface area contributed by atoms with Crippen molar-refractivity contribution >= 4 is 10.0 Å². The molecule has 0 fully saturated rings. The van der Waals surface area contributed by atoms with Crippen molar-refractivity contribution in [2.75, 3.05) is 13.6 Å². The smallest absolute Gasteiger partial charge is 0.243 e. The number of nitrogens with zero attached hydrogens (tertiary/aromatic N) is 1. The Hall–Kier alpha value is -0.980. The summed E-state index contributed by atoms with van der Waals surface area (Å²) in [5, 5.41) is 9.62. The van der Waals surface area contributed by atoms with Crippen molar-refractivity contribution < 1.29 is 17.9 Å². The van der Waals surface area contributed by atoms with Crippen LogP contribution in [0.1, 0.15) is 19.4 Å². The molecule has 0 bridgehead atoms. The molecule has 6 heteroatoms. The van der Waals surface area contributed by atoms with E-state index in [1.165, 1.54) is 33.0 Å². The SMILES string of the molecule is Cc1ccc(S(=O)(=O)N(C)CC(C)(C)O)cc1F. The van der Waals surface area contributed by atoms with Gasteiger partial charge in [-0.3, -0.25) is 0 Å². The largest absolute Gasteiger partial charge is 0.389 e. The van der Waals surface area contributed by atoms with Crippen LogP contribution in [0, 0.1) is 12.7 Å². The van der Waals surface area contributed by atoms with E-state index in [2.05, 4.69) is 0 Å². The Balaban J connectivity index is 3.10. The monoisotopic (exact) mass is 275 g/mol. The molecule has 1 rings (SSSR count). The molecule has 1 aromatic carbocycles. The van der Waals surface area contributed by atoms with Crippen molar-refractivity contribution in [3.8, 4) is 0 Å². The number of sulfonamides is 1. The maximum Gasteiger partial charge on any atom is 0.243 e. The summed E-state index contributed by atoms with van der Waals surface area (Å²) in [5.41, 5.74) is -0.760. The van der Waals surface area contributed by atoms with Gasteiger partial charge in [0.1, 0.15) is 5.82 Å². The number of aliphatic hydroxyl groups is 1. The zero-order chi connectivity index (χ0) is 14.1. The molecule has 0 radical (unpaired) electrons. The summed E-state index contributed by atoms with van der Waals surface area (Å²) < 4.78 is 38.6. The molecule has 18 heavy (non-hydrogen) atoms. The van der Waals surface area contributed by atoms with Crippen molar-refractivity contribution in [3.63, 3.8) is 0 Å². The van der Waals surface area contributed by atoms with Crippen molar-refractivity contribution in [1.29, 1.82) is 0 Å². The first-order valence-corrected chi connectivity index (χ1v) is 6.93. The fourth-order valence-electron chi connectivity index (χ4n) is 1.54. The Kier molecular flexibility index (Phi) is 4.15. The topological polar surface area (TPSA) is 57.6 Å². The first kappa shape index (κ1) is 15.1. The molecular weight excluding hydrogens is 257 g/mol. The van der Waals surface area contributed by atoms with Crippen molar-refractivity contribution in [1.82, 2.24) is 4.31 Å². The lowest BCUT2D eigenvalue weighted by molar-refractivity contribution is 0.0640. The first-order valence-electron chi connectivity index (χ1n) is 5.49. The molecule has 0 aliphatic heterocycles. The number of hydrogen-bond donors (Lipinski definition) is 1. The summed E-state index contributed by atoms with van der Waals surface area (Å²) in [5.74, 6) is -0.562. The van der Waals surface area contributed by atoms with Crippen LogP contribution >= 0.6 is 0 Å². The number of likely N-dealkylation sites (N-methyl/N-ethyl adjacent to an activating group) is 1. The average Bonchev–Trinajstić information content (AvgIpc) is 2.19. The van der Waals surface area contributed by atoms with E-state index in [-0.39, 0.29) is 11.4 Å². The molecule has 4 nitrogen and oxygen atoms in total. The fraction of sp³-hybridized carbons (Fsp3) is 0.500. The number of benzene rings is 1. The minimum Gasteiger partial charge on any atom is -0.389 e. The minimum absolute atomic E-state index is 0.0647. The maximum absolute atomic E-state index is 13.4. The van der Waals surface area contributed by atoms with E-state index in [1.807, 2.05) is 0 Å². The molecule has 0 aliphatic rings. The molecule has 0 unspecified atom stereocenters. The minimum atomic E-state index is -3.78. The summed E-state index contributed by atoms with van der Waals surface area (Å²) >= 11 is 0. The Morgan fingerprint density at radius 3 is 2.39 bits per heavy atom. The van der Waals surface area contributed by atoms with Crippen LogP contribution in [0.4, 0.5) is 4.39 Å². The summed E-state index contributed by atoms with van der Waals surface area (Å²) in [4.78, 5) is -0.114. The lowest BCUT2D eigenvalue weighted by Gasteiger charge is -2.25. The van der Waals surface area contributed by atoms with Crippen LogP contribution < -0.4 is 0 Å². The summed E-state index contributed by atoms with van der Waals surface area (Å²) in [6.45, 7) is 4.51. The van der Waals surface area contributed by atoms with E-state index in [1.54, 1.807) is 6.92 Å². The van der Waals surface area contributed by atoms with E-state index in [4.69, 9.17) is 0 Å². The van der Waals surface area contributed by atoms with Crippen LogP contribution in [0.5, 0.6) is 0 Å². The number of halogens is 1. The van der Waals surface area contributed by atoms with Crippen molar-refractivity contribution in [2.24, 2.45) is 0 Å². The summed E-state index contributed by atoms with van der Waals surface area (Å²) in [6.07, 6.45) is 0. The van der Waals surface area contributed by atoms with E-state index >= 15 is 0 Å². The van der Waals surface area contributed by atoms with Crippen molar-refractivity contribution in [3.05, 3.63) is 29.6 Å². The van der Waals surface area contributed by atoms with Gasteiger partial charge < -0.3 is 5.11 Å². The Morgan fingerprint density at radius 1 is 1.39 bits per heavy atom. The number of hydrogen-bond acceptors (Lipinski definition) is 3. The Bertz CT molecular complexity index is 535. The quantitative estimate of drug-likeness (QED) is 0.906. The normalized spacial score (nSPS) is 13.1. The third-order valence-corrected chi connectivity index (χ3v) is 4.26. The average molecular weight is 275 g/mol. The van der Waals surface area contributed by atoms with Gasteiger partial charge in [-0.1, -0.05) is 6.07 Å². The summed E-state index contributed by atoms with van der Waals surface area (Å²) in [6, 6.07) is 3.76. The molecule has 1 aromatic rings. The summed E-state index contributed by atoms with van der Waals surface area (Å²) in [7, 11) is -2.43. The standard InChI is InChI=1S/C12H18FNO3S/c1-9-5-6-10(7-11(9)13)18(16,17)14(4)8-12(2,3)15/h5-7,15H,8H2,1-4H3. The lowest BCUT2D eigenvalue weighted by atomic mass is 10.1. The van der Waals surface area contributed by atoms with Crippen LogP contribution in [0.3, 0.4) is 0 Å². The van der Waals surface area contributed by atoms with Crippen LogP contribution in [-0.4, -0.2) is 37.0 Å². The van der Waals surface area contributed by atoms with Gasteiger partial charge >= 0.3 is 0 Å². The van der Waals surface area contributed by atoms with Crippen LogP contribution in [0.2, 0.25) is 0 Å². The van der Waals surface area contributed by atoms with Gasteiger partial charge in [-0.2, -0.15) is 4.31 Å². The van der Waals surface area contributed by atoms with Gasteiger partial charge in [-0.25, -0.2) is 12.8 Å². The fourth-order valence-corrected chi connectivity index (χ4v) is 2.88. The number of rotatable bonds is 4. The molecule has 1 N–H and O–H groups in total. The van der Waals surface area contributed by atoms with E-state index in [0.29, 0.717) is 5.56 Å². The molecule has 0 amide bonds. The molecule has 0 heterocycles. The second-order valence-electron chi connectivity index (χ2n) is 4.98. The van der Waals surface area contributed by atoms with Crippen LogP contribution in [0.15, 0.2) is 23.1 Å². The predicted octanol–water partition coefficient (Wildman–Crippen LogP) is 1.53. The second kappa shape index (κ2) is 4.95. The van der Waals surface area contributed by atoms with Gasteiger partial charge in [-0.15, -0.1) is 0 Å². The van der Waals surface area contributed by atoms with Gasteiger partial charge in [0.2, 0.25) is 10.0 Å². The van der Waals surface area contributed by atoms with E-state index in [9.17, 15) is 17.9 Å². The lowest BCUT2D eigenvalue weighted by Crippen LogP contribution is -2.39. The second-order valence-corrected chi connectivity index (χ2v) is 7.03. The molecule has 0 saturated carbocycles. The zero-order valence-electron chi connectivity index (χ0n) is 10.9. The van der Waals surface area contributed by atoms with Gasteiger partial charge in [0.15, 0.2) is 0 Å². The van der Waals surface area contributed by atoms with E-state index in [0.717, 1.165) is 10.4 Å². The highest BCUT2D eigenvalue weighted by atomic mass is 32.2. The molecule has 0 atom stereocenters. The third-order valence-electron chi connectivity index (χ3n) is 2.46. The maximum atomic E-state index is 13.4. The first-order chi connectivity index (χ1) is 8.04. The number of aryl methyl sites for hydroxylation is 1. The Labute approximate surface area is 107 Å². The Morgan fingerprint density at radius 2 is 1.94 bits per heavy atom. The molecule has 0 aliphatic carbocycles. The van der Waals surface area contributed by atoms with Gasteiger partial charge in [-0.05, 0) is 38.5 Å². The van der Waals surface area contributed by atoms with Gasteiger partial charge in [0.25, 0.3) is 0 Å². The highest BCUT2D eigenvalue weighted by Crippen LogP contribution is 2.19. The van der Waals surface area contributed by atoms with E-state index < -0.39 is 21.4 Å². The zero-order valence-corrected chi connectivity index (χ0v) is 11.8. The highest BCUT2D eigenvalue weighted by molar-refractivity contribution is 7.89. The molecular formula is C12H18FNO3S. The molecule has 0 aromatic heterocycles. The van der Waals surface area contributed by atoms with Crippen molar-refractivity contribution in [2.45, 2.75) is 31.3 Å². The third kappa shape index (κ3) is 3.51. The van der Waals surface area contributed by atoms with Gasteiger partial charge in [0.05, 0.1) is 10.5 Å². The predicted molar refractivity (Wildman–Crippen MR) is 67.3 cm³/mol. The van der Waals surface area contributed by atoms with Gasteiger partial charge in [0, 0.05) is 13.6 Å². The molecule has 0 spiro atoms. The van der Waals surface area contributed by atoms with Crippen LogP contribution in [0.25, 0.3) is 0 Å². The highest BCUT2D eigenvalue weighted by Gasteiger charge is 2.26. The molecule has 102 valence electrons.